The molecule has 0 aliphatic carbocycles. The van der Waals surface area contributed by atoms with Crippen LogP contribution >= 0.6 is 0 Å². The molecular weight excluding hydrogens is 288 g/mol. The number of nitro groups is 1. The van der Waals surface area contributed by atoms with Crippen LogP contribution in [0.3, 0.4) is 0 Å². The molecule has 0 saturated heterocycles. The fourth-order valence-corrected chi connectivity index (χ4v) is 2.30. The van der Waals surface area contributed by atoms with Gasteiger partial charge in [0.25, 0.3) is 0 Å². The summed E-state index contributed by atoms with van der Waals surface area (Å²) >= 11 is 0. The number of imidazole rings is 1. The van der Waals surface area contributed by atoms with Crippen molar-refractivity contribution >= 4 is 22.5 Å². The second kappa shape index (κ2) is 4.99. The van der Waals surface area contributed by atoms with Gasteiger partial charge in [-0.3, -0.25) is 0 Å². The highest BCUT2D eigenvalue weighted by molar-refractivity contribution is 5.83. The Kier molecular flexibility index (Phi) is 3.13. The number of rotatable bonds is 3. The van der Waals surface area contributed by atoms with Crippen molar-refractivity contribution < 1.29 is 9.34 Å². The number of hydrogen-bond acceptors (Lipinski definition) is 6. The third-order valence-electron chi connectivity index (χ3n) is 3.35. The molecule has 0 spiro atoms. The molecule has 3 rings (SSSR count). The average Bonchev–Trinajstić information content (AvgIpc) is 2.79. The van der Waals surface area contributed by atoms with Crippen molar-refractivity contribution in [2.45, 2.75) is 13.5 Å². The molecule has 2 heterocycles. The van der Waals surface area contributed by atoms with Crippen LogP contribution in [-0.4, -0.2) is 14.5 Å². The molecule has 0 unspecified atom stereocenters. The lowest BCUT2D eigenvalue weighted by Crippen LogP contribution is -2.06. The third-order valence-corrected chi connectivity index (χ3v) is 3.35. The topological polar surface area (TPSA) is 117 Å². The van der Waals surface area contributed by atoms with E-state index in [1.807, 2.05) is 0 Å². The normalized spacial score (nSPS) is 11.0. The smallest absolute Gasteiger partial charge is 0.381 e. The average molecular weight is 300 g/mol. The number of hydrogen-bond donors (Lipinski definition) is 1. The molecule has 8 heteroatoms. The first kappa shape index (κ1) is 13.8. The van der Waals surface area contributed by atoms with Crippen LogP contribution in [0.5, 0.6) is 0 Å². The number of anilines is 1. The number of benzene rings is 1. The van der Waals surface area contributed by atoms with Crippen molar-refractivity contribution in [3.63, 3.8) is 0 Å². The maximum absolute atomic E-state index is 11.7. The second-order valence-electron chi connectivity index (χ2n) is 4.88. The minimum atomic E-state index is -0.554. The highest BCUT2D eigenvalue weighted by atomic mass is 16.6. The second-order valence-corrected chi connectivity index (χ2v) is 4.88. The zero-order valence-corrected chi connectivity index (χ0v) is 11.6. The molecule has 8 nitrogen and oxygen atoms in total. The molecule has 2 aromatic heterocycles. The van der Waals surface area contributed by atoms with Gasteiger partial charge in [-0.15, -0.1) is 0 Å². The Bertz CT molecular complexity index is 942. The molecule has 0 aliphatic rings. The Labute approximate surface area is 123 Å². The highest BCUT2D eigenvalue weighted by Gasteiger charge is 2.16. The molecule has 0 aliphatic heterocycles. The van der Waals surface area contributed by atoms with Gasteiger partial charge in [-0.2, -0.15) is 0 Å². The highest BCUT2D eigenvalue weighted by Crippen LogP contribution is 2.21. The van der Waals surface area contributed by atoms with Crippen molar-refractivity contribution in [3.05, 3.63) is 62.4 Å². The summed E-state index contributed by atoms with van der Waals surface area (Å²) in [5, 5.41) is 11.5. The van der Waals surface area contributed by atoms with Crippen LogP contribution in [0.15, 0.2) is 39.7 Å². The van der Waals surface area contributed by atoms with Gasteiger partial charge >= 0.3 is 11.4 Å². The van der Waals surface area contributed by atoms with Crippen LogP contribution in [0.1, 0.15) is 11.4 Å². The lowest BCUT2D eigenvalue weighted by Gasteiger charge is -2.06. The molecule has 0 radical (unpaired) electrons. The van der Waals surface area contributed by atoms with Crippen LogP contribution in [0.2, 0.25) is 0 Å². The van der Waals surface area contributed by atoms with Crippen LogP contribution in [0, 0.1) is 17.0 Å². The number of aryl methyl sites for hydroxylation is 1. The van der Waals surface area contributed by atoms with E-state index in [2.05, 4.69) is 4.98 Å². The van der Waals surface area contributed by atoms with Gasteiger partial charge in [-0.1, -0.05) is 0 Å². The van der Waals surface area contributed by atoms with Gasteiger partial charge < -0.3 is 24.8 Å². The maximum atomic E-state index is 11.7. The largest absolute Gasteiger partial charge is 0.423 e. The quantitative estimate of drug-likeness (QED) is 0.341. The Morgan fingerprint density at radius 1 is 1.41 bits per heavy atom. The van der Waals surface area contributed by atoms with Gasteiger partial charge in [0.15, 0.2) is 0 Å². The monoisotopic (exact) mass is 300 g/mol. The summed E-state index contributed by atoms with van der Waals surface area (Å²) in [6.45, 7) is 1.94. The Balaban J connectivity index is 2.11. The van der Waals surface area contributed by atoms with Crippen LogP contribution in [0.4, 0.5) is 11.5 Å². The minimum absolute atomic E-state index is 0.228. The van der Waals surface area contributed by atoms with Crippen molar-refractivity contribution in [3.8, 4) is 0 Å². The van der Waals surface area contributed by atoms with E-state index >= 15 is 0 Å². The van der Waals surface area contributed by atoms with E-state index in [-0.39, 0.29) is 12.4 Å². The van der Waals surface area contributed by atoms with Gasteiger partial charge in [0.1, 0.15) is 11.8 Å². The van der Waals surface area contributed by atoms with E-state index in [9.17, 15) is 14.9 Å². The lowest BCUT2D eigenvalue weighted by molar-refractivity contribution is -0.389. The molecule has 0 saturated carbocycles. The van der Waals surface area contributed by atoms with E-state index in [0.29, 0.717) is 22.7 Å². The summed E-state index contributed by atoms with van der Waals surface area (Å²) in [5.74, 6) is 0.262. The SMILES string of the molecule is Cc1nc([N+](=O)[O-])cn1Cc1cc(=O)oc2cc(N)ccc12. The van der Waals surface area contributed by atoms with Crippen LogP contribution in [-0.2, 0) is 6.54 Å². The molecular formula is C14H12N4O4. The fraction of sp³-hybridized carbons (Fsp3) is 0.143. The molecule has 112 valence electrons. The lowest BCUT2D eigenvalue weighted by atomic mass is 10.1. The van der Waals surface area contributed by atoms with E-state index in [4.69, 9.17) is 10.2 Å². The van der Waals surface area contributed by atoms with Gasteiger partial charge in [0, 0.05) is 30.1 Å². The Morgan fingerprint density at radius 3 is 2.86 bits per heavy atom. The Hall–Kier alpha value is -3.16. The maximum Gasteiger partial charge on any atom is 0.381 e. The van der Waals surface area contributed by atoms with Crippen molar-refractivity contribution in [1.29, 1.82) is 0 Å². The molecule has 0 atom stereocenters. The first-order valence-electron chi connectivity index (χ1n) is 6.44. The molecule has 22 heavy (non-hydrogen) atoms. The van der Waals surface area contributed by atoms with E-state index in [0.717, 1.165) is 5.39 Å². The molecule has 0 fully saturated rings. The molecule has 3 aromatic rings. The van der Waals surface area contributed by atoms with E-state index in [1.54, 1.807) is 29.7 Å². The summed E-state index contributed by atoms with van der Waals surface area (Å²) < 4.78 is 6.74. The number of fused-ring (bicyclic) bond motifs is 1. The number of nitrogens with two attached hydrogens (primary N) is 1. The summed E-state index contributed by atoms with van der Waals surface area (Å²) in [5.41, 5.74) is 6.74. The third kappa shape index (κ3) is 2.41. The zero-order chi connectivity index (χ0) is 15.9. The van der Waals surface area contributed by atoms with Gasteiger partial charge in [0.05, 0.1) is 6.54 Å². The molecule has 1 aromatic carbocycles. The van der Waals surface area contributed by atoms with Crippen molar-refractivity contribution in [1.82, 2.24) is 9.55 Å². The van der Waals surface area contributed by atoms with E-state index < -0.39 is 10.5 Å². The Morgan fingerprint density at radius 2 is 2.18 bits per heavy atom. The van der Waals surface area contributed by atoms with Crippen LogP contribution < -0.4 is 11.4 Å². The number of nitrogen functional groups attached to an aromatic ring is 1. The fourth-order valence-electron chi connectivity index (χ4n) is 2.30. The minimum Gasteiger partial charge on any atom is -0.423 e. The summed E-state index contributed by atoms with van der Waals surface area (Å²) in [4.78, 5) is 25.7. The first-order chi connectivity index (χ1) is 10.4. The van der Waals surface area contributed by atoms with Crippen LogP contribution in [0.25, 0.3) is 11.0 Å². The number of nitrogens with zero attached hydrogens (tertiary/aromatic N) is 3. The zero-order valence-electron chi connectivity index (χ0n) is 11.6. The van der Waals surface area contributed by atoms with Gasteiger partial charge in [0.2, 0.25) is 5.82 Å². The first-order valence-corrected chi connectivity index (χ1v) is 6.44. The predicted molar refractivity (Wildman–Crippen MR) is 79.6 cm³/mol. The standard InChI is InChI=1S/C14H12N4O4/c1-8-16-13(18(20)21)7-17(8)6-9-4-14(19)22-12-5-10(15)2-3-11(9)12/h2-5,7H,6,15H2,1H3. The van der Waals surface area contributed by atoms with Crippen molar-refractivity contribution in [2.24, 2.45) is 0 Å². The molecule has 2 N–H and O–H groups in total. The van der Waals surface area contributed by atoms with E-state index in [1.165, 1.54) is 12.3 Å². The molecule has 0 amide bonds. The summed E-state index contributed by atoms with van der Waals surface area (Å²) in [7, 11) is 0. The predicted octanol–water partition coefficient (Wildman–Crippen LogP) is 1.84. The number of aromatic nitrogens is 2. The summed E-state index contributed by atoms with van der Waals surface area (Å²) in [6, 6.07) is 6.39. The van der Waals surface area contributed by atoms with Gasteiger partial charge in [-0.25, -0.2) is 4.79 Å². The molecule has 0 bridgehead atoms. The van der Waals surface area contributed by atoms with Crippen molar-refractivity contribution in [2.75, 3.05) is 5.73 Å². The van der Waals surface area contributed by atoms with Gasteiger partial charge in [-0.05, 0) is 27.6 Å². The summed E-state index contributed by atoms with van der Waals surface area (Å²) in [6.07, 6.45) is 1.34.